The Morgan fingerprint density at radius 3 is 2.96 bits per heavy atom. The average Bonchev–Trinajstić information content (AvgIpc) is 3.29. The summed E-state index contributed by atoms with van der Waals surface area (Å²) >= 11 is 1.44. The van der Waals surface area contributed by atoms with E-state index in [1.807, 2.05) is 19.1 Å². The Morgan fingerprint density at radius 1 is 1.42 bits per heavy atom. The molecule has 1 amide bonds. The number of aliphatic hydroxyl groups is 1. The number of hydrogen-bond acceptors (Lipinski definition) is 5. The molecule has 1 aromatic carbocycles. The predicted octanol–water partition coefficient (Wildman–Crippen LogP) is 2.91. The highest BCUT2D eigenvalue weighted by atomic mass is 32.1. The molecule has 138 valence electrons. The fourth-order valence-electron chi connectivity index (χ4n) is 2.84. The van der Waals surface area contributed by atoms with E-state index >= 15 is 0 Å². The van der Waals surface area contributed by atoms with E-state index in [1.165, 1.54) is 11.3 Å². The Morgan fingerprint density at radius 2 is 2.23 bits per heavy atom. The number of carbonyl (C=O) groups is 1. The van der Waals surface area contributed by atoms with Crippen molar-refractivity contribution in [2.45, 2.75) is 25.9 Å². The van der Waals surface area contributed by atoms with Gasteiger partial charge in [0, 0.05) is 29.9 Å². The molecule has 0 saturated heterocycles. The third kappa shape index (κ3) is 3.80. The number of nitrogens with one attached hydrogen (secondary N) is 1. The maximum absolute atomic E-state index is 12.3. The van der Waals surface area contributed by atoms with Gasteiger partial charge in [-0.15, -0.1) is 11.3 Å². The van der Waals surface area contributed by atoms with Gasteiger partial charge in [-0.1, -0.05) is 25.1 Å². The van der Waals surface area contributed by atoms with Crippen LogP contribution in [0.5, 0.6) is 0 Å². The minimum atomic E-state index is -0.257. The molecule has 0 saturated carbocycles. The van der Waals surface area contributed by atoms with Gasteiger partial charge in [-0.25, -0.2) is 4.98 Å². The first kappa shape index (κ1) is 18.6. The van der Waals surface area contributed by atoms with E-state index < -0.39 is 0 Å². The quantitative estimate of drug-likeness (QED) is 0.637. The van der Waals surface area contributed by atoms with Gasteiger partial charge in [-0.05, 0) is 18.6 Å². The van der Waals surface area contributed by atoms with E-state index in [4.69, 9.17) is 4.74 Å². The number of ether oxygens (including phenoxy) is 1. The first-order valence-corrected chi connectivity index (χ1v) is 9.50. The van der Waals surface area contributed by atoms with Crippen LogP contribution in [0.4, 0.5) is 0 Å². The molecule has 2 heterocycles. The molecule has 2 N–H and O–H groups in total. The van der Waals surface area contributed by atoms with E-state index in [-0.39, 0.29) is 18.6 Å². The van der Waals surface area contributed by atoms with Gasteiger partial charge in [-0.2, -0.15) is 0 Å². The number of rotatable bonds is 8. The number of nitrogens with zero attached hydrogens (tertiary/aromatic N) is 2. The number of benzene rings is 1. The highest BCUT2D eigenvalue weighted by molar-refractivity contribution is 7.13. The molecule has 1 unspecified atom stereocenters. The van der Waals surface area contributed by atoms with Crippen molar-refractivity contribution in [3.05, 3.63) is 41.4 Å². The number of fused-ring (bicyclic) bond motifs is 1. The molecule has 1 atom stereocenters. The highest BCUT2D eigenvalue weighted by Crippen LogP contribution is 2.30. The van der Waals surface area contributed by atoms with Crippen LogP contribution >= 0.6 is 11.3 Å². The Hall–Kier alpha value is -2.22. The summed E-state index contributed by atoms with van der Waals surface area (Å²) in [4.78, 5) is 16.9. The Kier molecular flexibility index (Phi) is 6.03. The van der Waals surface area contributed by atoms with Crippen molar-refractivity contribution in [2.24, 2.45) is 0 Å². The zero-order valence-electron chi connectivity index (χ0n) is 14.9. The highest BCUT2D eigenvalue weighted by Gasteiger charge is 2.18. The molecule has 0 aliphatic carbocycles. The third-order valence-corrected chi connectivity index (χ3v) is 5.20. The van der Waals surface area contributed by atoms with Crippen LogP contribution in [0.2, 0.25) is 0 Å². The molecule has 3 aromatic rings. The molecule has 0 aliphatic heterocycles. The lowest BCUT2D eigenvalue weighted by Crippen LogP contribution is -2.37. The lowest BCUT2D eigenvalue weighted by Gasteiger charge is -2.12. The molecular weight excluding hydrogens is 350 g/mol. The van der Waals surface area contributed by atoms with Crippen LogP contribution in [0.25, 0.3) is 21.6 Å². The van der Waals surface area contributed by atoms with Gasteiger partial charge in [0.25, 0.3) is 5.91 Å². The minimum Gasteiger partial charge on any atom is -0.394 e. The number of thiazole rings is 1. The van der Waals surface area contributed by atoms with Gasteiger partial charge < -0.3 is 19.7 Å². The smallest absolute Gasteiger partial charge is 0.271 e. The number of para-hydroxylation sites is 1. The first-order valence-electron chi connectivity index (χ1n) is 8.62. The van der Waals surface area contributed by atoms with Crippen molar-refractivity contribution in [1.29, 1.82) is 0 Å². The van der Waals surface area contributed by atoms with E-state index in [0.717, 1.165) is 21.6 Å². The summed E-state index contributed by atoms with van der Waals surface area (Å²) in [5, 5.41) is 15.7. The van der Waals surface area contributed by atoms with Crippen LogP contribution in [0.15, 0.2) is 35.7 Å². The summed E-state index contributed by atoms with van der Waals surface area (Å²) in [6.07, 6.45) is 0.671. The van der Waals surface area contributed by atoms with E-state index in [0.29, 0.717) is 25.3 Å². The Balaban J connectivity index is 1.92. The maximum Gasteiger partial charge on any atom is 0.271 e. The summed E-state index contributed by atoms with van der Waals surface area (Å²) in [7, 11) is 1.68. The number of methoxy groups -OCH3 is 1. The Bertz CT molecular complexity index is 883. The van der Waals surface area contributed by atoms with E-state index in [2.05, 4.69) is 33.1 Å². The Labute approximate surface area is 156 Å². The topological polar surface area (TPSA) is 76.4 Å². The number of hydrogen-bond donors (Lipinski definition) is 2. The molecule has 3 rings (SSSR count). The summed E-state index contributed by atoms with van der Waals surface area (Å²) in [6.45, 7) is 3.15. The fourth-order valence-corrected chi connectivity index (χ4v) is 3.67. The van der Waals surface area contributed by atoms with Crippen LogP contribution < -0.4 is 5.32 Å². The minimum absolute atomic E-state index is 0.0789. The fraction of sp³-hybridized carbons (Fsp3) is 0.368. The predicted molar refractivity (Wildman–Crippen MR) is 104 cm³/mol. The number of aromatic nitrogens is 2. The second-order valence-electron chi connectivity index (χ2n) is 6.03. The molecule has 0 radical (unpaired) electrons. The molecule has 26 heavy (non-hydrogen) atoms. The van der Waals surface area contributed by atoms with Crippen molar-refractivity contribution < 1.29 is 14.6 Å². The second-order valence-corrected chi connectivity index (χ2v) is 6.89. The summed E-state index contributed by atoms with van der Waals surface area (Å²) in [6, 6.07) is 10.00. The zero-order valence-corrected chi connectivity index (χ0v) is 15.8. The molecular formula is C19H23N3O3S. The van der Waals surface area contributed by atoms with Gasteiger partial charge in [0.1, 0.15) is 10.7 Å². The second kappa shape index (κ2) is 8.44. The number of carbonyl (C=O) groups excluding carboxylic acids is 1. The summed E-state index contributed by atoms with van der Waals surface area (Å²) in [5.74, 6) is -0.257. The summed E-state index contributed by atoms with van der Waals surface area (Å²) < 4.78 is 7.41. The molecule has 0 fully saturated rings. The van der Waals surface area contributed by atoms with Crippen molar-refractivity contribution in [3.63, 3.8) is 0 Å². The van der Waals surface area contributed by atoms with Crippen LogP contribution in [0.3, 0.4) is 0 Å². The normalized spacial score (nSPS) is 12.4. The largest absolute Gasteiger partial charge is 0.394 e. The van der Waals surface area contributed by atoms with Gasteiger partial charge >= 0.3 is 0 Å². The van der Waals surface area contributed by atoms with Crippen molar-refractivity contribution in [2.75, 3.05) is 20.3 Å². The van der Waals surface area contributed by atoms with E-state index in [9.17, 15) is 9.90 Å². The molecule has 0 spiro atoms. The van der Waals surface area contributed by atoms with E-state index in [1.54, 1.807) is 12.5 Å². The van der Waals surface area contributed by atoms with Crippen LogP contribution in [0, 0.1) is 0 Å². The van der Waals surface area contributed by atoms with Gasteiger partial charge in [0.15, 0.2) is 0 Å². The van der Waals surface area contributed by atoms with Crippen molar-refractivity contribution in [3.8, 4) is 10.7 Å². The summed E-state index contributed by atoms with van der Waals surface area (Å²) in [5.41, 5.74) is 2.47. The molecule has 0 bridgehead atoms. The number of amides is 1. The van der Waals surface area contributed by atoms with Crippen molar-refractivity contribution >= 4 is 28.1 Å². The first-order chi connectivity index (χ1) is 12.7. The zero-order chi connectivity index (χ0) is 18.5. The SMILES string of the molecule is CCC(CO)NC(=O)c1csc(-c2cc3ccccc3n2CCOC)n1. The van der Waals surface area contributed by atoms with Gasteiger partial charge in [0.05, 0.1) is 24.9 Å². The van der Waals surface area contributed by atoms with Crippen LogP contribution in [0.1, 0.15) is 23.8 Å². The lowest BCUT2D eigenvalue weighted by molar-refractivity contribution is 0.0910. The van der Waals surface area contributed by atoms with Gasteiger partial charge in [-0.3, -0.25) is 4.79 Å². The molecule has 7 heteroatoms. The molecule has 0 aliphatic rings. The van der Waals surface area contributed by atoms with Crippen LogP contribution in [-0.2, 0) is 11.3 Å². The molecule has 6 nitrogen and oxygen atoms in total. The van der Waals surface area contributed by atoms with Crippen molar-refractivity contribution in [1.82, 2.24) is 14.9 Å². The standard InChI is InChI=1S/C19H23N3O3S/c1-3-14(11-23)20-18(24)15-12-26-19(21-15)17-10-13-6-4-5-7-16(13)22(17)8-9-25-2/h4-7,10,12,14,23H,3,8-9,11H2,1-2H3,(H,20,24). The van der Waals surface area contributed by atoms with Gasteiger partial charge in [0.2, 0.25) is 0 Å². The monoisotopic (exact) mass is 373 g/mol. The third-order valence-electron chi connectivity index (χ3n) is 4.33. The van der Waals surface area contributed by atoms with Crippen LogP contribution in [-0.4, -0.2) is 46.9 Å². The number of aliphatic hydroxyl groups excluding tert-OH is 1. The lowest BCUT2D eigenvalue weighted by atomic mass is 10.2. The average molecular weight is 373 g/mol. The maximum atomic E-state index is 12.3. The molecule has 2 aromatic heterocycles.